The normalized spacial score (nSPS) is 34.7. The standard InChI is InChI=1S/C26H28O8/c1-24(2)31-13-25(14-32-24)18-9-8-17(12-29-11-16-6-4-3-5-7-16)21-22(27)30-15-26(18,21)20-10-19(25)33-23(28)34-20/h3-9,19-21H,10-15H2,1-2H3/t19-,20+,21-,26-/m1/s1. The zero-order valence-corrected chi connectivity index (χ0v) is 19.3. The van der Waals surface area contributed by atoms with Crippen molar-refractivity contribution in [3.8, 4) is 0 Å². The average molecular weight is 469 g/mol. The second-order valence-corrected chi connectivity index (χ2v) is 10.2. The summed E-state index contributed by atoms with van der Waals surface area (Å²) in [6.45, 7) is 5.18. The van der Waals surface area contributed by atoms with Gasteiger partial charge < -0.3 is 28.4 Å². The largest absolute Gasteiger partial charge is 0.508 e. The molecule has 4 fully saturated rings. The Morgan fingerprint density at radius 1 is 0.941 bits per heavy atom. The molecule has 1 saturated carbocycles. The number of benzene rings is 1. The van der Waals surface area contributed by atoms with E-state index in [-0.39, 0.29) is 19.2 Å². The second kappa shape index (κ2) is 7.66. The van der Waals surface area contributed by atoms with E-state index >= 15 is 0 Å². The van der Waals surface area contributed by atoms with E-state index in [9.17, 15) is 9.59 Å². The molecule has 1 aromatic rings. The Balaban J connectivity index is 1.38. The molecule has 0 N–H and O–H groups in total. The van der Waals surface area contributed by atoms with Crippen LogP contribution in [0, 0.1) is 16.7 Å². The zero-order chi connectivity index (χ0) is 23.6. The second-order valence-electron chi connectivity index (χ2n) is 10.2. The van der Waals surface area contributed by atoms with E-state index in [0.29, 0.717) is 26.2 Å². The fourth-order valence-electron chi connectivity index (χ4n) is 6.21. The number of cyclic esters (lactones) is 1. The summed E-state index contributed by atoms with van der Waals surface area (Å²) in [5.41, 5.74) is 1.26. The van der Waals surface area contributed by atoms with Crippen LogP contribution in [0.4, 0.5) is 4.79 Å². The smallest absolute Gasteiger partial charge is 0.464 e. The van der Waals surface area contributed by atoms with E-state index in [2.05, 4.69) is 0 Å². The molecule has 2 aliphatic carbocycles. The van der Waals surface area contributed by atoms with Gasteiger partial charge in [0.15, 0.2) is 5.79 Å². The highest BCUT2D eigenvalue weighted by molar-refractivity contribution is 5.82. The molecule has 6 rings (SSSR count). The highest BCUT2D eigenvalue weighted by Gasteiger charge is 2.72. The van der Waals surface area contributed by atoms with Crippen molar-refractivity contribution < 1.29 is 38.0 Å². The van der Waals surface area contributed by atoms with E-state index in [1.807, 2.05) is 56.3 Å². The molecule has 4 atom stereocenters. The van der Waals surface area contributed by atoms with Crippen LogP contribution in [-0.2, 0) is 39.8 Å². The van der Waals surface area contributed by atoms with Crippen LogP contribution in [0.3, 0.4) is 0 Å². The first-order valence-electron chi connectivity index (χ1n) is 11.7. The van der Waals surface area contributed by atoms with Crippen molar-refractivity contribution in [2.45, 2.75) is 44.9 Å². The molecule has 0 unspecified atom stereocenters. The molecule has 2 spiro atoms. The monoisotopic (exact) mass is 468 g/mol. The number of carbonyl (C=O) groups excluding carboxylic acids is 2. The van der Waals surface area contributed by atoms with Gasteiger partial charge in [0.05, 0.1) is 43.2 Å². The maximum Gasteiger partial charge on any atom is 0.508 e. The molecule has 3 saturated heterocycles. The van der Waals surface area contributed by atoms with Crippen molar-refractivity contribution in [2.24, 2.45) is 16.7 Å². The van der Waals surface area contributed by atoms with Gasteiger partial charge in [0, 0.05) is 6.42 Å². The van der Waals surface area contributed by atoms with Gasteiger partial charge in [0.2, 0.25) is 0 Å². The van der Waals surface area contributed by atoms with Crippen LogP contribution in [0.25, 0.3) is 0 Å². The van der Waals surface area contributed by atoms with Crippen LogP contribution in [0.5, 0.6) is 0 Å². The van der Waals surface area contributed by atoms with E-state index in [1.54, 1.807) is 0 Å². The van der Waals surface area contributed by atoms with E-state index < -0.39 is 40.9 Å². The predicted molar refractivity (Wildman–Crippen MR) is 117 cm³/mol. The van der Waals surface area contributed by atoms with Gasteiger partial charge in [-0.3, -0.25) is 4.79 Å². The number of fused-ring (bicyclic) bond motifs is 4. The minimum absolute atomic E-state index is 0.133. The summed E-state index contributed by atoms with van der Waals surface area (Å²) in [6.07, 6.45) is 2.68. The van der Waals surface area contributed by atoms with E-state index in [0.717, 1.165) is 16.7 Å². The Bertz CT molecular complexity index is 1060. The van der Waals surface area contributed by atoms with Gasteiger partial charge in [-0.05, 0) is 30.6 Å². The molecule has 3 heterocycles. The molecule has 1 aromatic carbocycles. The Labute approximate surface area is 197 Å². The van der Waals surface area contributed by atoms with Crippen molar-refractivity contribution in [1.82, 2.24) is 0 Å². The summed E-state index contributed by atoms with van der Waals surface area (Å²) in [5.74, 6) is -1.67. The third-order valence-electron chi connectivity index (χ3n) is 7.91. The molecule has 3 aliphatic heterocycles. The molecule has 2 bridgehead atoms. The van der Waals surface area contributed by atoms with Crippen LogP contribution >= 0.6 is 0 Å². The maximum atomic E-state index is 13.1. The van der Waals surface area contributed by atoms with Gasteiger partial charge in [-0.25, -0.2) is 4.79 Å². The van der Waals surface area contributed by atoms with Gasteiger partial charge >= 0.3 is 12.1 Å². The molecule has 34 heavy (non-hydrogen) atoms. The summed E-state index contributed by atoms with van der Waals surface area (Å²) >= 11 is 0. The first-order chi connectivity index (χ1) is 16.3. The fraction of sp³-hybridized carbons (Fsp3) is 0.538. The molecular weight excluding hydrogens is 440 g/mol. The van der Waals surface area contributed by atoms with Crippen molar-refractivity contribution in [1.29, 1.82) is 0 Å². The molecule has 8 heteroatoms. The third kappa shape index (κ3) is 3.16. The van der Waals surface area contributed by atoms with Crippen LogP contribution in [-0.4, -0.2) is 56.5 Å². The average Bonchev–Trinajstić information content (AvgIpc) is 3.18. The molecule has 0 radical (unpaired) electrons. The van der Waals surface area contributed by atoms with Crippen molar-refractivity contribution >= 4 is 12.1 Å². The number of allylic oxidation sites excluding steroid dienone is 2. The van der Waals surface area contributed by atoms with E-state index in [4.69, 9.17) is 28.4 Å². The van der Waals surface area contributed by atoms with Crippen molar-refractivity contribution in [3.63, 3.8) is 0 Å². The van der Waals surface area contributed by atoms with Gasteiger partial charge in [-0.2, -0.15) is 0 Å². The molecule has 8 nitrogen and oxygen atoms in total. The Kier molecular flexibility index (Phi) is 4.92. The van der Waals surface area contributed by atoms with Gasteiger partial charge in [-0.15, -0.1) is 0 Å². The molecular formula is C26H28O8. The predicted octanol–water partition coefficient (Wildman–Crippen LogP) is 3.31. The summed E-state index contributed by atoms with van der Waals surface area (Å²) < 4.78 is 35.2. The minimum Gasteiger partial charge on any atom is -0.464 e. The number of hydrogen-bond acceptors (Lipinski definition) is 8. The van der Waals surface area contributed by atoms with Crippen LogP contribution in [0.1, 0.15) is 25.8 Å². The molecule has 180 valence electrons. The number of ether oxygens (including phenoxy) is 6. The minimum atomic E-state index is -0.832. The topological polar surface area (TPSA) is 89.5 Å². The van der Waals surface area contributed by atoms with Crippen LogP contribution < -0.4 is 0 Å². The molecule has 5 aliphatic rings. The van der Waals surface area contributed by atoms with Gasteiger partial charge in [0.1, 0.15) is 18.8 Å². The highest BCUT2D eigenvalue weighted by Crippen LogP contribution is 2.64. The lowest BCUT2D eigenvalue weighted by Crippen LogP contribution is -2.68. The number of esters is 1. The number of rotatable bonds is 4. The Morgan fingerprint density at radius 3 is 2.44 bits per heavy atom. The zero-order valence-electron chi connectivity index (χ0n) is 19.3. The van der Waals surface area contributed by atoms with Crippen molar-refractivity contribution in [3.05, 3.63) is 59.2 Å². The lowest BCUT2D eigenvalue weighted by atomic mass is 9.50. The van der Waals surface area contributed by atoms with Gasteiger partial charge in [-0.1, -0.05) is 42.5 Å². The highest BCUT2D eigenvalue weighted by atomic mass is 16.7. The van der Waals surface area contributed by atoms with Crippen LogP contribution in [0.2, 0.25) is 0 Å². The summed E-state index contributed by atoms with van der Waals surface area (Å²) in [7, 11) is 0. The summed E-state index contributed by atoms with van der Waals surface area (Å²) in [4.78, 5) is 25.6. The Morgan fingerprint density at radius 2 is 1.68 bits per heavy atom. The molecule has 0 aromatic heterocycles. The van der Waals surface area contributed by atoms with Crippen molar-refractivity contribution in [2.75, 3.05) is 26.4 Å². The number of hydrogen-bond donors (Lipinski definition) is 0. The first kappa shape index (κ1) is 21.8. The van der Waals surface area contributed by atoms with E-state index in [1.165, 1.54) is 0 Å². The lowest BCUT2D eigenvalue weighted by Gasteiger charge is -2.60. The van der Waals surface area contributed by atoms with Gasteiger partial charge in [0.25, 0.3) is 0 Å². The lowest BCUT2D eigenvalue weighted by molar-refractivity contribution is -0.308. The fourth-order valence-corrected chi connectivity index (χ4v) is 6.21. The maximum absolute atomic E-state index is 13.1. The SMILES string of the molecule is CC1(C)OCC2(CO1)C1=CC=C(COCc3ccccc3)[C@@H]3C(=O)OC[C@]13[C@@H]1C[C@H]2OC(=O)O1. The van der Waals surface area contributed by atoms with Crippen LogP contribution in [0.15, 0.2) is 53.6 Å². The first-order valence-corrected chi connectivity index (χ1v) is 11.7. The third-order valence-corrected chi connectivity index (χ3v) is 7.91. The summed E-state index contributed by atoms with van der Waals surface area (Å²) in [5, 5.41) is 0. The quantitative estimate of drug-likeness (QED) is 0.622. The number of carbonyl (C=O) groups is 2. The molecule has 0 amide bonds. The summed E-state index contributed by atoms with van der Waals surface area (Å²) in [6, 6.07) is 9.87. The Hall–Kier alpha value is -2.68.